The molecule has 0 saturated heterocycles. The summed E-state index contributed by atoms with van der Waals surface area (Å²) in [5, 5.41) is -0.428. The lowest BCUT2D eigenvalue weighted by Crippen LogP contribution is -2.07. The van der Waals surface area contributed by atoms with Crippen LogP contribution < -0.4 is 5.30 Å². The van der Waals surface area contributed by atoms with E-state index in [0.29, 0.717) is 0 Å². The molecule has 1 aromatic carbocycles. The first-order chi connectivity index (χ1) is 8.21. The van der Waals surface area contributed by atoms with Crippen molar-refractivity contribution in [3.8, 4) is 0 Å². The number of halogens is 4. The molecule has 0 spiro atoms. The van der Waals surface area contributed by atoms with Crippen LogP contribution in [0.15, 0.2) is 18.2 Å². The molecule has 0 fully saturated rings. The first kappa shape index (κ1) is 17.4. The van der Waals surface area contributed by atoms with Gasteiger partial charge in [-0.3, -0.25) is 0 Å². The third kappa shape index (κ3) is 4.97. The summed E-state index contributed by atoms with van der Waals surface area (Å²) in [6.07, 6.45) is 0. The van der Waals surface area contributed by atoms with E-state index in [-0.39, 0.29) is 11.8 Å². The molecule has 0 saturated carbocycles. The summed E-state index contributed by atoms with van der Waals surface area (Å²) in [5.41, 5.74) is 1.55. The van der Waals surface area contributed by atoms with Crippen LogP contribution in [0.25, 0.3) is 0 Å². The van der Waals surface area contributed by atoms with Crippen LogP contribution in [-0.4, -0.2) is 8.12 Å². The second-order valence-electron chi connectivity index (χ2n) is 4.61. The topological polar surface area (TPSA) is 0 Å². The van der Waals surface area contributed by atoms with Gasteiger partial charge in [-0.05, 0) is 35.1 Å². The lowest BCUT2D eigenvalue weighted by atomic mass is 9.96. The van der Waals surface area contributed by atoms with Gasteiger partial charge in [-0.1, -0.05) is 33.8 Å². The van der Waals surface area contributed by atoms with Crippen molar-refractivity contribution in [2.75, 3.05) is 0 Å². The van der Waals surface area contributed by atoms with E-state index < -0.39 is 13.5 Å². The zero-order valence-electron chi connectivity index (χ0n) is 10.9. The van der Waals surface area contributed by atoms with E-state index in [1.54, 1.807) is 0 Å². The van der Waals surface area contributed by atoms with E-state index in [2.05, 4.69) is 8.12 Å². The molecule has 0 unspecified atom stereocenters. The smallest absolute Gasteiger partial charge is 0.350 e. The fourth-order valence-corrected chi connectivity index (χ4v) is 2.06. The van der Waals surface area contributed by atoms with E-state index >= 15 is 0 Å². The van der Waals surface area contributed by atoms with Crippen molar-refractivity contribution >= 4 is 21.6 Å². The summed E-state index contributed by atoms with van der Waals surface area (Å²) in [4.78, 5) is 0. The molecule has 0 nitrogen and oxygen atoms in total. The van der Waals surface area contributed by atoms with Gasteiger partial charge in [-0.25, -0.2) is 0 Å². The highest BCUT2D eigenvalue weighted by atomic mass is 31.3. The molecule has 0 aliphatic heterocycles. The van der Waals surface area contributed by atoms with Gasteiger partial charge in [0.05, 0.1) is 0 Å². The summed E-state index contributed by atoms with van der Waals surface area (Å²) < 4.78 is 47.4. The SMILES string of the molecule is CC(C)c1cc(C(C)C)cc([P+](F)(F)F)c1.[B]F. The van der Waals surface area contributed by atoms with Crippen molar-refractivity contribution in [3.63, 3.8) is 0 Å². The first-order valence-electron chi connectivity index (χ1n) is 5.57. The van der Waals surface area contributed by atoms with E-state index in [0.717, 1.165) is 11.1 Å². The first-order valence-corrected chi connectivity index (χ1v) is 7.03. The van der Waals surface area contributed by atoms with Crippen molar-refractivity contribution in [2.24, 2.45) is 0 Å². The van der Waals surface area contributed by atoms with Crippen molar-refractivity contribution in [1.82, 2.24) is 0 Å². The van der Waals surface area contributed by atoms with Crippen molar-refractivity contribution in [3.05, 3.63) is 29.3 Å². The summed E-state index contributed by atoms with van der Waals surface area (Å²) >= 11 is 0. The molecular weight excluding hydrogens is 262 g/mol. The Balaban J connectivity index is 0.00000137. The third-order valence-electron chi connectivity index (χ3n) is 2.59. The van der Waals surface area contributed by atoms with Gasteiger partial charge in [0.2, 0.25) is 0 Å². The monoisotopic (exact) mass is 279 g/mol. The predicted octanol–water partition coefficient (Wildman–Crippen LogP) is 5.27. The molecule has 6 heteroatoms. The Labute approximate surface area is 108 Å². The fourth-order valence-electron chi connectivity index (χ4n) is 1.47. The van der Waals surface area contributed by atoms with Crippen LogP contribution in [-0.2, 0) is 0 Å². The third-order valence-corrected chi connectivity index (χ3v) is 3.43. The van der Waals surface area contributed by atoms with Crippen LogP contribution in [0.4, 0.5) is 16.9 Å². The zero-order valence-corrected chi connectivity index (χ0v) is 11.8. The number of rotatable bonds is 3. The van der Waals surface area contributed by atoms with Gasteiger partial charge in [0, 0.05) is 12.6 Å². The number of hydrogen-bond acceptors (Lipinski definition) is 0. The van der Waals surface area contributed by atoms with Crippen molar-refractivity contribution in [1.29, 1.82) is 0 Å². The molecule has 1 rings (SSSR count). The quantitative estimate of drug-likeness (QED) is 0.401. The molecule has 0 bridgehead atoms. The van der Waals surface area contributed by atoms with Gasteiger partial charge in [0.1, 0.15) is 0 Å². The van der Waals surface area contributed by atoms with E-state index in [4.69, 9.17) is 4.32 Å². The molecular formula is C12H17BF4P+. The van der Waals surface area contributed by atoms with Gasteiger partial charge >= 0.3 is 16.3 Å². The summed E-state index contributed by atoms with van der Waals surface area (Å²) in [6.45, 7) is 7.66. The van der Waals surface area contributed by atoms with E-state index in [1.807, 2.05) is 33.8 Å². The van der Waals surface area contributed by atoms with Gasteiger partial charge in [-0.2, -0.15) is 0 Å². The number of hydrogen-bond donors (Lipinski definition) is 0. The average Bonchev–Trinajstić information content (AvgIpc) is 2.29. The Kier molecular flexibility index (Phi) is 6.91. The van der Waals surface area contributed by atoms with Gasteiger partial charge in [-0.15, -0.1) is 0 Å². The van der Waals surface area contributed by atoms with E-state index in [9.17, 15) is 12.6 Å². The Morgan fingerprint density at radius 3 is 1.39 bits per heavy atom. The minimum atomic E-state index is -5.40. The highest BCUT2D eigenvalue weighted by molar-refractivity contribution is 7.68. The maximum atomic E-state index is 12.8. The number of benzene rings is 1. The molecule has 0 atom stereocenters. The molecule has 0 aliphatic rings. The van der Waals surface area contributed by atoms with Gasteiger partial charge in [0.15, 0.2) is 5.30 Å². The standard InChI is InChI=1S/C12H17F3P.BF/c1-8(2)10-5-11(9(3)4)7-12(6-10)16(13,14)15;1-2/h5-9H,1-4H3;/q+1;. The molecule has 100 valence electrons. The van der Waals surface area contributed by atoms with Crippen molar-refractivity contribution in [2.45, 2.75) is 39.5 Å². The molecule has 1 aromatic rings. The molecule has 18 heavy (non-hydrogen) atoms. The lowest BCUT2D eigenvalue weighted by molar-refractivity contribution is 0.607. The van der Waals surface area contributed by atoms with Crippen LogP contribution in [0.3, 0.4) is 0 Å². The molecule has 0 heterocycles. The van der Waals surface area contributed by atoms with Gasteiger partial charge < -0.3 is 4.32 Å². The second kappa shape index (κ2) is 7.13. The van der Waals surface area contributed by atoms with Crippen LogP contribution in [0.1, 0.15) is 50.7 Å². The Morgan fingerprint density at radius 2 is 1.17 bits per heavy atom. The Morgan fingerprint density at radius 1 is 0.833 bits per heavy atom. The highest BCUT2D eigenvalue weighted by Crippen LogP contribution is 2.63. The van der Waals surface area contributed by atoms with Crippen molar-refractivity contribution < 1.29 is 16.9 Å². The fraction of sp³-hybridized carbons (Fsp3) is 0.500. The van der Waals surface area contributed by atoms with Crippen LogP contribution in [0, 0.1) is 0 Å². The highest BCUT2D eigenvalue weighted by Gasteiger charge is 2.47. The van der Waals surface area contributed by atoms with Crippen LogP contribution in [0.5, 0.6) is 0 Å². The largest absolute Gasteiger partial charge is 0.602 e. The normalized spacial score (nSPS) is 11.4. The minimum absolute atomic E-state index is 0.129. The molecule has 0 amide bonds. The molecule has 2 radical (unpaired) electrons. The summed E-state index contributed by atoms with van der Waals surface area (Å²) in [6, 6.07) is 4.48. The zero-order chi connectivity index (χ0) is 14.5. The molecule has 0 aliphatic carbocycles. The summed E-state index contributed by atoms with van der Waals surface area (Å²) in [5.74, 6) is 0.257. The lowest BCUT2D eigenvalue weighted by Gasteiger charge is -2.11. The maximum absolute atomic E-state index is 12.8. The summed E-state index contributed by atoms with van der Waals surface area (Å²) in [7, 11) is -2.40. The molecule has 0 N–H and O–H groups in total. The van der Waals surface area contributed by atoms with E-state index in [1.165, 1.54) is 12.1 Å². The Bertz CT molecular complexity index is 349. The van der Waals surface area contributed by atoms with Crippen LogP contribution >= 0.6 is 8.19 Å². The predicted molar refractivity (Wildman–Crippen MR) is 71.4 cm³/mol. The van der Waals surface area contributed by atoms with Gasteiger partial charge in [0.25, 0.3) is 0 Å². The maximum Gasteiger partial charge on any atom is 0.602 e. The van der Waals surface area contributed by atoms with Crippen LogP contribution in [0.2, 0.25) is 0 Å². The molecule has 0 aromatic heterocycles. The minimum Gasteiger partial charge on any atom is -0.350 e. The average molecular weight is 279 g/mol. The Hall–Kier alpha value is -0.565. The second-order valence-corrected chi connectivity index (χ2v) is 6.02.